The molecule has 0 bridgehead atoms. The van der Waals surface area contributed by atoms with E-state index >= 15 is 0 Å². The summed E-state index contributed by atoms with van der Waals surface area (Å²) < 4.78 is 3.63. The van der Waals surface area contributed by atoms with E-state index in [0.717, 1.165) is 11.5 Å². The van der Waals surface area contributed by atoms with Crippen molar-refractivity contribution < 1.29 is 24.6 Å². The van der Waals surface area contributed by atoms with Crippen molar-refractivity contribution in [1.29, 1.82) is 0 Å². The molecule has 0 fully saturated rings. The smallest absolute Gasteiger partial charge is 0.326 e. The molecule has 19 heavy (non-hydrogen) atoms. The zero-order chi connectivity index (χ0) is 14.4. The first-order chi connectivity index (χ1) is 8.95. The Morgan fingerprint density at radius 1 is 1.37 bits per heavy atom. The van der Waals surface area contributed by atoms with Crippen LogP contribution < -0.4 is 5.32 Å². The van der Waals surface area contributed by atoms with Crippen LogP contribution >= 0.6 is 11.5 Å². The number of aliphatic carboxylic acids is 2. The van der Waals surface area contributed by atoms with E-state index < -0.39 is 23.9 Å². The Labute approximate surface area is 112 Å². The SMILES string of the molecule is CCc1nnsc1C(=O)NC(CCC(=O)O)C(=O)O. The Hall–Kier alpha value is -2.03. The maximum absolute atomic E-state index is 11.9. The van der Waals surface area contributed by atoms with E-state index in [-0.39, 0.29) is 17.7 Å². The van der Waals surface area contributed by atoms with Gasteiger partial charge in [-0.15, -0.1) is 5.10 Å². The number of hydrogen-bond donors (Lipinski definition) is 3. The molecule has 1 aromatic heterocycles. The number of amides is 1. The quantitative estimate of drug-likeness (QED) is 0.650. The van der Waals surface area contributed by atoms with Gasteiger partial charge in [0.05, 0.1) is 5.69 Å². The second kappa shape index (κ2) is 6.78. The summed E-state index contributed by atoms with van der Waals surface area (Å²) in [7, 11) is 0. The minimum absolute atomic E-state index is 0.176. The summed E-state index contributed by atoms with van der Waals surface area (Å²) in [4.78, 5) is 33.5. The second-order valence-corrected chi connectivity index (χ2v) is 4.45. The van der Waals surface area contributed by atoms with Crippen LogP contribution in [-0.4, -0.2) is 43.7 Å². The van der Waals surface area contributed by atoms with Crippen LogP contribution in [0, 0.1) is 0 Å². The van der Waals surface area contributed by atoms with E-state index in [0.29, 0.717) is 12.1 Å². The van der Waals surface area contributed by atoms with Gasteiger partial charge in [-0.2, -0.15) is 0 Å². The van der Waals surface area contributed by atoms with Crippen LogP contribution in [0.2, 0.25) is 0 Å². The third-order valence-electron chi connectivity index (χ3n) is 2.35. The molecular weight excluding hydrogens is 274 g/mol. The van der Waals surface area contributed by atoms with E-state index in [1.54, 1.807) is 6.92 Å². The molecule has 1 unspecified atom stereocenters. The van der Waals surface area contributed by atoms with Crippen molar-refractivity contribution in [3.63, 3.8) is 0 Å². The van der Waals surface area contributed by atoms with E-state index in [4.69, 9.17) is 10.2 Å². The molecule has 3 N–H and O–H groups in total. The zero-order valence-corrected chi connectivity index (χ0v) is 10.9. The molecule has 1 heterocycles. The Balaban J connectivity index is 2.71. The Bertz CT molecular complexity index is 487. The first-order valence-corrected chi connectivity index (χ1v) is 6.29. The topological polar surface area (TPSA) is 129 Å². The lowest BCUT2D eigenvalue weighted by molar-refractivity contribution is -0.140. The van der Waals surface area contributed by atoms with Crippen molar-refractivity contribution in [2.24, 2.45) is 0 Å². The maximum atomic E-state index is 11.9. The molecule has 0 aromatic carbocycles. The highest BCUT2D eigenvalue weighted by Crippen LogP contribution is 2.11. The minimum Gasteiger partial charge on any atom is -0.481 e. The summed E-state index contributed by atoms with van der Waals surface area (Å²) in [5.41, 5.74) is 0.491. The van der Waals surface area contributed by atoms with E-state index in [2.05, 4.69) is 14.9 Å². The summed E-state index contributed by atoms with van der Waals surface area (Å²) in [5, 5.41) is 23.5. The molecule has 0 radical (unpaired) electrons. The van der Waals surface area contributed by atoms with Gasteiger partial charge in [-0.25, -0.2) is 4.79 Å². The van der Waals surface area contributed by atoms with E-state index in [9.17, 15) is 14.4 Å². The fraction of sp³-hybridized carbons (Fsp3) is 0.500. The average molecular weight is 287 g/mol. The maximum Gasteiger partial charge on any atom is 0.326 e. The van der Waals surface area contributed by atoms with Gasteiger partial charge in [-0.1, -0.05) is 11.4 Å². The third kappa shape index (κ3) is 4.28. The average Bonchev–Trinajstić information content (AvgIpc) is 2.81. The number of rotatable bonds is 7. The number of carboxylic acid groups (broad SMARTS) is 2. The number of carbonyl (C=O) groups excluding carboxylic acids is 1. The van der Waals surface area contributed by atoms with Crippen LogP contribution in [0.1, 0.15) is 35.1 Å². The lowest BCUT2D eigenvalue weighted by atomic mass is 10.1. The van der Waals surface area contributed by atoms with Crippen LogP contribution in [0.5, 0.6) is 0 Å². The molecule has 8 nitrogen and oxygen atoms in total. The highest BCUT2D eigenvalue weighted by molar-refractivity contribution is 7.08. The molecule has 1 rings (SSSR count). The Morgan fingerprint density at radius 2 is 2.05 bits per heavy atom. The van der Waals surface area contributed by atoms with Crippen molar-refractivity contribution in [3.05, 3.63) is 10.6 Å². The highest BCUT2D eigenvalue weighted by atomic mass is 32.1. The molecule has 0 spiro atoms. The van der Waals surface area contributed by atoms with Crippen LogP contribution in [0.15, 0.2) is 0 Å². The highest BCUT2D eigenvalue weighted by Gasteiger charge is 2.24. The van der Waals surface area contributed by atoms with Crippen molar-refractivity contribution in [3.8, 4) is 0 Å². The summed E-state index contributed by atoms with van der Waals surface area (Å²) in [6.07, 6.45) is -0.00492. The van der Waals surface area contributed by atoms with Gasteiger partial charge >= 0.3 is 11.9 Å². The van der Waals surface area contributed by atoms with Gasteiger partial charge in [-0.3, -0.25) is 9.59 Å². The number of carboxylic acids is 2. The number of aromatic nitrogens is 2. The summed E-state index contributed by atoms with van der Waals surface area (Å²) >= 11 is 0.878. The van der Waals surface area contributed by atoms with Crippen LogP contribution in [0.3, 0.4) is 0 Å². The fourth-order valence-corrected chi connectivity index (χ4v) is 2.01. The predicted molar refractivity (Wildman–Crippen MR) is 65.0 cm³/mol. The second-order valence-electron chi connectivity index (χ2n) is 3.70. The normalized spacial score (nSPS) is 11.8. The lowest BCUT2D eigenvalue weighted by Crippen LogP contribution is -2.41. The molecule has 0 aliphatic carbocycles. The van der Waals surface area contributed by atoms with Gasteiger partial charge in [-0.05, 0) is 24.4 Å². The molecule has 0 saturated carbocycles. The minimum atomic E-state index is -1.27. The van der Waals surface area contributed by atoms with Gasteiger partial charge in [0.25, 0.3) is 5.91 Å². The molecule has 1 aromatic rings. The standard InChI is InChI=1S/C10H13N3O5S/c1-2-5-8(19-13-12-5)9(16)11-6(10(17)18)3-4-7(14)15/h6H,2-4H2,1H3,(H,11,16)(H,14,15)(H,17,18). The number of aryl methyl sites for hydroxylation is 1. The summed E-state index contributed by atoms with van der Waals surface area (Å²) in [6, 6.07) is -1.24. The Morgan fingerprint density at radius 3 is 2.58 bits per heavy atom. The van der Waals surface area contributed by atoms with Crippen LogP contribution in [-0.2, 0) is 16.0 Å². The molecular formula is C10H13N3O5S. The zero-order valence-electron chi connectivity index (χ0n) is 10.1. The fourth-order valence-electron chi connectivity index (χ4n) is 1.36. The first-order valence-electron chi connectivity index (χ1n) is 5.52. The molecule has 0 aliphatic rings. The van der Waals surface area contributed by atoms with Gasteiger partial charge in [0.1, 0.15) is 10.9 Å². The monoisotopic (exact) mass is 287 g/mol. The predicted octanol–water partition coefficient (Wildman–Crippen LogP) is 0.148. The summed E-state index contributed by atoms with van der Waals surface area (Å²) in [5.74, 6) is -2.98. The molecule has 0 aliphatic heterocycles. The largest absolute Gasteiger partial charge is 0.481 e. The molecule has 104 valence electrons. The number of nitrogens with zero attached hydrogens (tertiary/aromatic N) is 2. The van der Waals surface area contributed by atoms with E-state index in [1.165, 1.54) is 0 Å². The van der Waals surface area contributed by atoms with Crippen molar-refractivity contribution >= 4 is 29.4 Å². The van der Waals surface area contributed by atoms with Gasteiger partial charge < -0.3 is 15.5 Å². The number of carbonyl (C=O) groups is 3. The Kier molecular flexibility index (Phi) is 5.37. The van der Waals surface area contributed by atoms with E-state index in [1.807, 2.05) is 0 Å². The molecule has 1 atom stereocenters. The van der Waals surface area contributed by atoms with Gasteiger partial charge in [0, 0.05) is 6.42 Å². The van der Waals surface area contributed by atoms with Crippen LogP contribution in [0.4, 0.5) is 0 Å². The third-order valence-corrected chi connectivity index (χ3v) is 3.11. The lowest BCUT2D eigenvalue weighted by Gasteiger charge is -2.12. The van der Waals surface area contributed by atoms with Crippen molar-refractivity contribution in [2.75, 3.05) is 0 Å². The van der Waals surface area contributed by atoms with Gasteiger partial charge in [0.15, 0.2) is 0 Å². The summed E-state index contributed by atoms with van der Waals surface area (Å²) in [6.45, 7) is 1.80. The van der Waals surface area contributed by atoms with Crippen LogP contribution in [0.25, 0.3) is 0 Å². The number of hydrogen-bond acceptors (Lipinski definition) is 6. The number of nitrogens with one attached hydrogen (secondary N) is 1. The first kappa shape index (κ1) is 15.0. The molecule has 0 saturated heterocycles. The van der Waals surface area contributed by atoms with Gasteiger partial charge in [0.2, 0.25) is 0 Å². The van der Waals surface area contributed by atoms with Crippen molar-refractivity contribution in [1.82, 2.24) is 14.9 Å². The van der Waals surface area contributed by atoms with Crippen molar-refractivity contribution in [2.45, 2.75) is 32.2 Å². The molecule has 1 amide bonds. The molecule has 9 heteroatoms.